The van der Waals surface area contributed by atoms with E-state index in [9.17, 15) is 19.2 Å². The van der Waals surface area contributed by atoms with Crippen molar-refractivity contribution in [1.29, 1.82) is 0 Å². The summed E-state index contributed by atoms with van der Waals surface area (Å²) >= 11 is 0. The number of hydrogen-bond donors (Lipinski definition) is 1. The van der Waals surface area contributed by atoms with E-state index in [-0.39, 0.29) is 29.2 Å². The fourth-order valence-electron chi connectivity index (χ4n) is 4.10. The van der Waals surface area contributed by atoms with Crippen molar-refractivity contribution >= 4 is 23.6 Å². The molecular formula is C25H27N3O4. The number of amides is 4. The molecule has 32 heavy (non-hydrogen) atoms. The maximum Gasteiger partial charge on any atom is 0.261 e. The van der Waals surface area contributed by atoms with E-state index in [1.807, 2.05) is 24.0 Å². The summed E-state index contributed by atoms with van der Waals surface area (Å²) in [6, 6.07) is 11.9. The maximum absolute atomic E-state index is 12.6. The van der Waals surface area contributed by atoms with Crippen molar-refractivity contribution in [2.24, 2.45) is 0 Å². The molecular weight excluding hydrogens is 406 g/mol. The number of nitrogens with one attached hydrogen (secondary N) is 1. The molecule has 4 amide bonds. The standard InChI is InChI=1S/C25H27N3O4/c1-2-3-14-28-24(31)20-11-10-19(15-21(20)25(28)32)22(29)26-16-17-6-8-18(9-7-17)23(30)27-12-4-5-13-27/h6-11,15H,2-5,12-14,16H2,1H3,(H,26,29). The van der Waals surface area contributed by atoms with Crippen molar-refractivity contribution in [2.75, 3.05) is 19.6 Å². The van der Waals surface area contributed by atoms with Gasteiger partial charge >= 0.3 is 0 Å². The minimum Gasteiger partial charge on any atom is -0.348 e. The second-order valence-corrected chi connectivity index (χ2v) is 8.25. The average molecular weight is 434 g/mol. The lowest BCUT2D eigenvalue weighted by Gasteiger charge is -2.15. The van der Waals surface area contributed by atoms with E-state index >= 15 is 0 Å². The van der Waals surface area contributed by atoms with E-state index in [0.717, 1.165) is 44.3 Å². The molecule has 0 aromatic heterocycles. The van der Waals surface area contributed by atoms with Crippen molar-refractivity contribution in [3.63, 3.8) is 0 Å². The number of benzene rings is 2. The third-order valence-electron chi connectivity index (χ3n) is 6.02. The molecule has 166 valence electrons. The molecule has 1 fully saturated rings. The molecule has 0 unspecified atom stereocenters. The van der Waals surface area contributed by atoms with Crippen LogP contribution in [0.15, 0.2) is 42.5 Å². The quantitative estimate of drug-likeness (QED) is 0.679. The number of fused-ring (bicyclic) bond motifs is 1. The number of carbonyl (C=O) groups excluding carboxylic acids is 4. The molecule has 2 aliphatic rings. The van der Waals surface area contributed by atoms with Crippen LogP contribution in [0.1, 0.15) is 79.6 Å². The van der Waals surface area contributed by atoms with Gasteiger partial charge in [0, 0.05) is 37.3 Å². The Labute approximate surface area is 187 Å². The summed E-state index contributed by atoms with van der Waals surface area (Å²) in [6.07, 6.45) is 3.74. The molecule has 0 atom stereocenters. The normalized spacial score (nSPS) is 15.3. The Kier molecular flexibility index (Phi) is 6.35. The van der Waals surface area contributed by atoms with Gasteiger partial charge in [-0.2, -0.15) is 0 Å². The van der Waals surface area contributed by atoms with Gasteiger partial charge in [0.2, 0.25) is 0 Å². The highest BCUT2D eigenvalue weighted by Gasteiger charge is 2.35. The van der Waals surface area contributed by atoms with Gasteiger partial charge in [-0.15, -0.1) is 0 Å². The fraction of sp³-hybridized carbons (Fsp3) is 0.360. The number of likely N-dealkylation sites (tertiary alicyclic amines) is 1. The highest BCUT2D eigenvalue weighted by Crippen LogP contribution is 2.24. The van der Waals surface area contributed by atoms with Gasteiger partial charge in [-0.25, -0.2) is 0 Å². The first-order chi connectivity index (χ1) is 15.5. The lowest BCUT2D eigenvalue weighted by atomic mass is 10.1. The molecule has 0 radical (unpaired) electrons. The number of rotatable bonds is 7. The molecule has 4 rings (SSSR count). The molecule has 0 bridgehead atoms. The third-order valence-corrected chi connectivity index (χ3v) is 6.02. The number of unbranched alkanes of at least 4 members (excludes halogenated alkanes) is 1. The van der Waals surface area contributed by atoms with Gasteiger partial charge in [-0.05, 0) is 55.2 Å². The Morgan fingerprint density at radius 3 is 2.25 bits per heavy atom. The molecule has 0 spiro atoms. The minimum atomic E-state index is -0.341. The smallest absolute Gasteiger partial charge is 0.261 e. The van der Waals surface area contributed by atoms with Gasteiger partial charge in [-0.3, -0.25) is 24.1 Å². The van der Waals surface area contributed by atoms with E-state index in [1.165, 1.54) is 11.0 Å². The fourth-order valence-corrected chi connectivity index (χ4v) is 4.10. The van der Waals surface area contributed by atoms with Crippen LogP contribution in [0, 0.1) is 0 Å². The van der Waals surface area contributed by atoms with Crippen molar-refractivity contribution in [3.05, 3.63) is 70.3 Å². The molecule has 2 aliphatic heterocycles. The number of hydrogen-bond acceptors (Lipinski definition) is 4. The van der Waals surface area contributed by atoms with Crippen molar-refractivity contribution in [3.8, 4) is 0 Å². The van der Waals surface area contributed by atoms with Crippen LogP contribution in [0.4, 0.5) is 0 Å². The largest absolute Gasteiger partial charge is 0.348 e. The molecule has 0 saturated carbocycles. The summed E-state index contributed by atoms with van der Waals surface area (Å²) in [7, 11) is 0. The van der Waals surface area contributed by atoms with Crippen molar-refractivity contribution in [1.82, 2.24) is 15.1 Å². The first kappa shape index (κ1) is 21.7. The summed E-state index contributed by atoms with van der Waals surface area (Å²) in [5.74, 6) is -0.916. The van der Waals surface area contributed by atoms with Crippen LogP contribution >= 0.6 is 0 Å². The molecule has 2 heterocycles. The van der Waals surface area contributed by atoms with Crippen molar-refractivity contribution < 1.29 is 19.2 Å². The predicted octanol–water partition coefficient (Wildman–Crippen LogP) is 3.25. The lowest BCUT2D eigenvalue weighted by molar-refractivity contribution is 0.0651. The van der Waals surface area contributed by atoms with Crippen LogP contribution in [-0.2, 0) is 6.54 Å². The maximum atomic E-state index is 12.6. The summed E-state index contributed by atoms with van der Waals surface area (Å²) in [5, 5.41) is 2.84. The second-order valence-electron chi connectivity index (χ2n) is 8.25. The summed E-state index contributed by atoms with van der Waals surface area (Å²) < 4.78 is 0. The summed E-state index contributed by atoms with van der Waals surface area (Å²) in [6.45, 7) is 4.30. The number of nitrogens with zero attached hydrogens (tertiary/aromatic N) is 2. The van der Waals surface area contributed by atoms with Crippen molar-refractivity contribution in [2.45, 2.75) is 39.2 Å². The van der Waals surface area contributed by atoms with E-state index < -0.39 is 0 Å². The van der Waals surface area contributed by atoms with E-state index in [1.54, 1.807) is 24.3 Å². The number of imide groups is 1. The van der Waals surface area contributed by atoms with Crippen LogP contribution < -0.4 is 5.32 Å². The zero-order chi connectivity index (χ0) is 22.7. The molecule has 2 aromatic rings. The van der Waals surface area contributed by atoms with Crippen LogP contribution in [-0.4, -0.2) is 53.1 Å². The van der Waals surface area contributed by atoms with E-state index in [0.29, 0.717) is 29.8 Å². The minimum absolute atomic E-state index is 0.0448. The summed E-state index contributed by atoms with van der Waals surface area (Å²) in [5.41, 5.74) is 2.48. The first-order valence-corrected chi connectivity index (χ1v) is 11.2. The van der Waals surface area contributed by atoms with Gasteiger partial charge in [0.05, 0.1) is 11.1 Å². The molecule has 7 heteroatoms. The van der Waals surface area contributed by atoms with Crippen LogP contribution in [0.5, 0.6) is 0 Å². The Bertz CT molecular complexity index is 1060. The molecule has 1 saturated heterocycles. The Hall–Kier alpha value is -3.48. The monoisotopic (exact) mass is 433 g/mol. The molecule has 2 aromatic carbocycles. The van der Waals surface area contributed by atoms with Gasteiger partial charge in [0.25, 0.3) is 23.6 Å². The summed E-state index contributed by atoms with van der Waals surface area (Å²) in [4.78, 5) is 53.2. The Morgan fingerprint density at radius 1 is 0.906 bits per heavy atom. The SMILES string of the molecule is CCCCN1C(=O)c2ccc(C(=O)NCc3ccc(C(=O)N4CCCC4)cc3)cc2C1=O. The average Bonchev–Trinajstić information content (AvgIpc) is 3.44. The zero-order valence-electron chi connectivity index (χ0n) is 18.2. The van der Waals surface area contributed by atoms with Crippen LogP contribution in [0.2, 0.25) is 0 Å². The highest BCUT2D eigenvalue weighted by molar-refractivity contribution is 6.22. The zero-order valence-corrected chi connectivity index (χ0v) is 18.2. The molecule has 0 aliphatic carbocycles. The lowest BCUT2D eigenvalue weighted by Crippen LogP contribution is -2.30. The van der Waals surface area contributed by atoms with Crippen LogP contribution in [0.3, 0.4) is 0 Å². The number of carbonyl (C=O) groups is 4. The molecule has 7 nitrogen and oxygen atoms in total. The van der Waals surface area contributed by atoms with E-state index in [2.05, 4.69) is 5.32 Å². The van der Waals surface area contributed by atoms with E-state index in [4.69, 9.17) is 0 Å². The predicted molar refractivity (Wildman–Crippen MR) is 119 cm³/mol. The molecule has 1 N–H and O–H groups in total. The van der Waals surface area contributed by atoms with Gasteiger partial charge < -0.3 is 10.2 Å². The Balaban J connectivity index is 1.38. The second kappa shape index (κ2) is 9.34. The topological polar surface area (TPSA) is 86.8 Å². The van der Waals surface area contributed by atoms with Crippen LogP contribution in [0.25, 0.3) is 0 Å². The highest BCUT2D eigenvalue weighted by atomic mass is 16.2. The van der Waals surface area contributed by atoms with Gasteiger partial charge in [-0.1, -0.05) is 25.5 Å². The van der Waals surface area contributed by atoms with Gasteiger partial charge in [0.15, 0.2) is 0 Å². The third kappa shape index (κ3) is 4.28. The first-order valence-electron chi connectivity index (χ1n) is 11.2. The Morgan fingerprint density at radius 2 is 1.56 bits per heavy atom. The van der Waals surface area contributed by atoms with Gasteiger partial charge in [0.1, 0.15) is 0 Å².